The van der Waals surface area contributed by atoms with Crippen LogP contribution in [0.4, 0.5) is 4.79 Å². The molecule has 4 N–H and O–H groups in total. The van der Waals surface area contributed by atoms with Gasteiger partial charge in [-0.2, -0.15) is 0 Å². The maximum absolute atomic E-state index is 12.3. The van der Waals surface area contributed by atoms with Crippen molar-refractivity contribution in [3.63, 3.8) is 0 Å². The largest absolute Gasteiger partial charge is 0.546 e. The number of esters is 1. The summed E-state index contributed by atoms with van der Waals surface area (Å²) in [5, 5.41) is 29.5. The number of hydrogen-bond donors (Lipinski definition) is 4. The Morgan fingerprint density at radius 3 is 2.26 bits per heavy atom. The normalized spacial score (nSPS) is 13.3. The van der Waals surface area contributed by atoms with E-state index in [0.29, 0.717) is 5.56 Å². The van der Waals surface area contributed by atoms with E-state index < -0.39 is 41.5 Å². The van der Waals surface area contributed by atoms with Gasteiger partial charge in [-0.3, -0.25) is 5.43 Å². The standard InChI is InChI=1S/C17H24N2O8/c1-16(2,3)27-15(25)18-19-17(4,14(24)26-9-13(22)23)8-10-5-6-11(20)12(21)7-10/h5-7,19-21H,8-9H2,1-4H3,(H,18,25)(H,22,23)/p-1. The van der Waals surface area contributed by atoms with Crippen LogP contribution in [0.2, 0.25) is 0 Å². The van der Waals surface area contributed by atoms with E-state index in [2.05, 4.69) is 15.6 Å². The predicted octanol–water partition coefficient (Wildman–Crippen LogP) is -0.279. The summed E-state index contributed by atoms with van der Waals surface area (Å²) >= 11 is 0. The molecule has 10 heteroatoms. The number of hydrogen-bond acceptors (Lipinski definition) is 9. The van der Waals surface area contributed by atoms with E-state index in [1.54, 1.807) is 20.8 Å². The molecule has 0 saturated heterocycles. The van der Waals surface area contributed by atoms with Crippen LogP contribution in [0.15, 0.2) is 18.2 Å². The van der Waals surface area contributed by atoms with Crippen LogP contribution in [0.3, 0.4) is 0 Å². The number of amides is 1. The number of nitrogens with one attached hydrogen (secondary N) is 2. The van der Waals surface area contributed by atoms with Crippen LogP contribution in [-0.4, -0.2) is 46.0 Å². The molecule has 150 valence electrons. The second-order valence-corrected chi connectivity index (χ2v) is 7.03. The van der Waals surface area contributed by atoms with Gasteiger partial charge in [0.25, 0.3) is 0 Å². The Bertz CT molecular complexity index is 713. The van der Waals surface area contributed by atoms with E-state index in [4.69, 9.17) is 4.74 Å². The first-order chi connectivity index (χ1) is 12.3. The van der Waals surface area contributed by atoms with Crippen molar-refractivity contribution in [2.75, 3.05) is 6.61 Å². The molecule has 0 bridgehead atoms. The van der Waals surface area contributed by atoms with Gasteiger partial charge in [-0.25, -0.2) is 15.0 Å². The Kier molecular flexibility index (Phi) is 7.00. The Balaban J connectivity index is 2.96. The molecule has 0 aromatic heterocycles. The fourth-order valence-corrected chi connectivity index (χ4v) is 2.03. The zero-order valence-electron chi connectivity index (χ0n) is 15.5. The minimum Gasteiger partial charge on any atom is -0.546 e. The highest BCUT2D eigenvalue weighted by molar-refractivity contribution is 5.83. The number of ether oxygens (including phenoxy) is 2. The Hall–Kier alpha value is -3.01. The number of hydrazine groups is 1. The first-order valence-electron chi connectivity index (χ1n) is 7.96. The lowest BCUT2D eigenvalue weighted by molar-refractivity contribution is -0.309. The molecular formula is C17H23N2O8-. The summed E-state index contributed by atoms with van der Waals surface area (Å²) < 4.78 is 9.71. The van der Waals surface area contributed by atoms with Crippen LogP contribution >= 0.6 is 0 Å². The number of aliphatic carboxylic acids is 1. The van der Waals surface area contributed by atoms with Crippen molar-refractivity contribution in [2.24, 2.45) is 0 Å². The first kappa shape index (κ1) is 22.0. The number of phenols is 2. The minimum absolute atomic E-state index is 0.123. The van der Waals surface area contributed by atoms with Crippen molar-refractivity contribution >= 4 is 18.0 Å². The zero-order valence-corrected chi connectivity index (χ0v) is 15.5. The molecule has 1 aromatic rings. The van der Waals surface area contributed by atoms with Gasteiger partial charge in [0.1, 0.15) is 17.7 Å². The maximum atomic E-state index is 12.3. The van der Waals surface area contributed by atoms with Crippen molar-refractivity contribution in [1.82, 2.24) is 10.9 Å². The number of carbonyl (C=O) groups excluding carboxylic acids is 3. The number of phenolic OH excluding ortho intramolecular Hbond substituents is 2. The first-order valence-corrected chi connectivity index (χ1v) is 7.96. The number of carbonyl (C=O) groups is 3. The van der Waals surface area contributed by atoms with Crippen LogP contribution in [0, 0.1) is 0 Å². The fourth-order valence-electron chi connectivity index (χ4n) is 2.03. The van der Waals surface area contributed by atoms with E-state index in [0.717, 1.165) is 0 Å². The molecule has 10 nitrogen and oxygen atoms in total. The van der Waals surface area contributed by atoms with Crippen LogP contribution in [0.1, 0.15) is 33.3 Å². The highest BCUT2D eigenvalue weighted by atomic mass is 16.6. The Morgan fingerprint density at radius 2 is 1.74 bits per heavy atom. The quantitative estimate of drug-likeness (QED) is 0.282. The number of aromatic hydroxyl groups is 2. The van der Waals surface area contributed by atoms with Crippen molar-refractivity contribution in [1.29, 1.82) is 0 Å². The molecule has 0 aliphatic heterocycles. The van der Waals surface area contributed by atoms with Crippen molar-refractivity contribution in [3.05, 3.63) is 23.8 Å². The smallest absolute Gasteiger partial charge is 0.422 e. The Morgan fingerprint density at radius 1 is 1.11 bits per heavy atom. The summed E-state index contributed by atoms with van der Waals surface area (Å²) in [6.07, 6.45) is -0.988. The third-order valence-electron chi connectivity index (χ3n) is 3.21. The highest BCUT2D eigenvalue weighted by Crippen LogP contribution is 2.27. The average Bonchev–Trinajstić information content (AvgIpc) is 2.52. The van der Waals surface area contributed by atoms with Crippen LogP contribution in [-0.2, 0) is 25.5 Å². The third kappa shape index (κ3) is 7.40. The molecule has 0 saturated carbocycles. The van der Waals surface area contributed by atoms with Crippen molar-refractivity contribution < 1.29 is 39.2 Å². The maximum Gasteiger partial charge on any atom is 0.422 e. The minimum atomic E-state index is -1.62. The van der Waals surface area contributed by atoms with Gasteiger partial charge in [0.2, 0.25) is 0 Å². The topological polar surface area (TPSA) is 157 Å². The molecule has 1 rings (SSSR count). The molecule has 0 spiro atoms. The van der Waals surface area contributed by atoms with Gasteiger partial charge < -0.3 is 29.6 Å². The van der Waals surface area contributed by atoms with E-state index in [1.807, 2.05) is 0 Å². The van der Waals surface area contributed by atoms with Crippen LogP contribution < -0.4 is 16.0 Å². The number of carboxylic acid groups (broad SMARTS) is 1. The molecular weight excluding hydrogens is 360 g/mol. The van der Waals surface area contributed by atoms with E-state index in [1.165, 1.54) is 25.1 Å². The van der Waals surface area contributed by atoms with Gasteiger partial charge in [-0.15, -0.1) is 0 Å². The van der Waals surface area contributed by atoms with Gasteiger partial charge in [0.15, 0.2) is 11.5 Å². The lowest BCUT2D eigenvalue weighted by atomic mass is 9.93. The second-order valence-electron chi connectivity index (χ2n) is 7.03. The number of rotatable bonds is 7. The van der Waals surface area contributed by atoms with E-state index in [9.17, 15) is 29.7 Å². The van der Waals surface area contributed by atoms with Gasteiger partial charge in [0, 0.05) is 6.42 Å². The molecule has 0 heterocycles. The lowest BCUT2D eigenvalue weighted by Crippen LogP contribution is -2.59. The van der Waals surface area contributed by atoms with Gasteiger partial charge in [-0.05, 0) is 45.4 Å². The monoisotopic (exact) mass is 383 g/mol. The van der Waals surface area contributed by atoms with Crippen molar-refractivity contribution in [3.8, 4) is 11.5 Å². The van der Waals surface area contributed by atoms with E-state index in [-0.39, 0.29) is 12.2 Å². The molecule has 1 amide bonds. The van der Waals surface area contributed by atoms with Crippen LogP contribution in [0.25, 0.3) is 0 Å². The number of carboxylic acids is 1. The Labute approximate surface area is 156 Å². The fraction of sp³-hybridized carbons (Fsp3) is 0.471. The van der Waals surface area contributed by atoms with Crippen molar-refractivity contribution in [2.45, 2.75) is 45.3 Å². The third-order valence-corrected chi connectivity index (χ3v) is 3.21. The zero-order chi connectivity index (χ0) is 20.8. The van der Waals surface area contributed by atoms with Gasteiger partial charge in [0.05, 0.1) is 5.97 Å². The van der Waals surface area contributed by atoms with Gasteiger partial charge >= 0.3 is 12.1 Å². The predicted molar refractivity (Wildman–Crippen MR) is 90.4 cm³/mol. The molecule has 1 unspecified atom stereocenters. The molecule has 1 atom stereocenters. The molecule has 0 radical (unpaired) electrons. The highest BCUT2D eigenvalue weighted by Gasteiger charge is 2.36. The van der Waals surface area contributed by atoms with Crippen LogP contribution in [0.5, 0.6) is 11.5 Å². The summed E-state index contributed by atoms with van der Waals surface area (Å²) in [6, 6.07) is 3.88. The summed E-state index contributed by atoms with van der Waals surface area (Å²) in [7, 11) is 0. The number of benzene rings is 1. The molecule has 0 aliphatic carbocycles. The second kappa shape index (κ2) is 8.58. The molecule has 0 fully saturated rings. The SMILES string of the molecule is CC(C)(C)OC(=O)NNC(C)(Cc1ccc(O)c(O)c1)C(=O)OCC(=O)[O-]. The summed E-state index contributed by atoms with van der Waals surface area (Å²) in [5.74, 6) is -3.33. The molecule has 0 aliphatic rings. The van der Waals surface area contributed by atoms with E-state index >= 15 is 0 Å². The molecule has 1 aromatic carbocycles. The lowest BCUT2D eigenvalue weighted by Gasteiger charge is -2.30. The summed E-state index contributed by atoms with van der Waals surface area (Å²) in [5.41, 5.74) is 2.68. The summed E-state index contributed by atoms with van der Waals surface area (Å²) in [4.78, 5) is 34.7. The summed E-state index contributed by atoms with van der Waals surface area (Å²) in [6.45, 7) is 5.34. The molecule has 27 heavy (non-hydrogen) atoms. The van der Waals surface area contributed by atoms with Gasteiger partial charge in [-0.1, -0.05) is 6.07 Å². The average molecular weight is 383 g/mol.